The molecule has 0 saturated heterocycles. The maximum absolute atomic E-state index is 12.2. The van der Waals surface area contributed by atoms with Crippen molar-refractivity contribution >= 4 is 11.6 Å². The molecule has 2 aromatic carbocycles. The lowest BCUT2D eigenvalue weighted by molar-refractivity contribution is 0.102. The summed E-state index contributed by atoms with van der Waals surface area (Å²) in [6.45, 7) is 2.97. The third kappa shape index (κ3) is 4.33. The van der Waals surface area contributed by atoms with Crippen LogP contribution >= 0.6 is 0 Å². The summed E-state index contributed by atoms with van der Waals surface area (Å²) in [6, 6.07) is 14.8. The molecular formula is C17H19NO3. The van der Waals surface area contributed by atoms with Crippen LogP contribution in [0.25, 0.3) is 0 Å². The minimum Gasteiger partial charge on any atom is -0.491 e. The van der Waals surface area contributed by atoms with Crippen LogP contribution in [-0.4, -0.2) is 26.2 Å². The summed E-state index contributed by atoms with van der Waals surface area (Å²) in [5, 5.41) is 2.87. The monoisotopic (exact) mass is 285 g/mol. The van der Waals surface area contributed by atoms with Gasteiger partial charge < -0.3 is 14.8 Å². The standard InChI is InChI=1S/C17H19NO3/c1-13-5-3-4-6-16(13)17(19)18-14-7-9-15(10-8-14)21-12-11-20-2/h3-10H,11-12H2,1-2H3,(H,18,19). The topological polar surface area (TPSA) is 47.6 Å². The van der Waals surface area contributed by atoms with E-state index in [1.165, 1.54) is 0 Å². The molecule has 0 aliphatic rings. The number of hydrogen-bond acceptors (Lipinski definition) is 3. The van der Waals surface area contributed by atoms with Crippen LogP contribution in [0.3, 0.4) is 0 Å². The van der Waals surface area contributed by atoms with Crippen LogP contribution in [0.2, 0.25) is 0 Å². The SMILES string of the molecule is COCCOc1ccc(NC(=O)c2ccccc2C)cc1. The zero-order valence-electron chi connectivity index (χ0n) is 12.3. The molecule has 1 N–H and O–H groups in total. The quantitative estimate of drug-likeness (QED) is 0.829. The van der Waals surface area contributed by atoms with Crippen LogP contribution in [-0.2, 0) is 4.74 Å². The number of hydrogen-bond donors (Lipinski definition) is 1. The molecule has 0 bridgehead atoms. The number of benzene rings is 2. The number of rotatable bonds is 6. The van der Waals surface area contributed by atoms with Gasteiger partial charge in [-0.1, -0.05) is 18.2 Å². The van der Waals surface area contributed by atoms with Crippen molar-refractivity contribution in [1.29, 1.82) is 0 Å². The second-order valence-corrected chi connectivity index (χ2v) is 4.63. The zero-order valence-corrected chi connectivity index (χ0v) is 12.3. The summed E-state index contributed by atoms with van der Waals surface area (Å²) < 4.78 is 10.4. The van der Waals surface area contributed by atoms with E-state index < -0.39 is 0 Å². The Morgan fingerprint density at radius 1 is 1.05 bits per heavy atom. The average Bonchev–Trinajstić information content (AvgIpc) is 2.49. The van der Waals surface area contributed by atoms with Crippen LogP contribution in [0, 0.1) is 6.92 Å². The molecule has 1 amide bonds. The van der Waals surface area contributed by atoms with Crippen molar-refractivity contribution in [1.82, 2.24) is 0 Å². The fraction of sp³-hybridized carbons (Fsp3) is 0.235. The van der Waals surface area contributed by atoms with Crippen molar-refractivity contribution in [2.45, 2.75) is 6.92 Å². The lowest BCUT2D eigenvalue weighted by Crippen LogP contribution is -2.13. The number of amides is 1. The Hall–Kier alpha value is -2.33. The first-order chi connectivity index (χ1) is 10.2. The first kappa shape index (κ1) is 15.1. The van der Waals surface area contributed by atoms with E-state index in [1.807, 2.05) is 55.5 Å². The predicted molar refractivity (Wildman–Crippen MR) is 82.9 cm³/mol. The van der Waals surface area contributed by atoms with Gasteiger partial charge in [0.1, 0.15) is 12.4 Å². The zero-order chi connectivity index (χ0) is 15.1. The van der Waals surface area contributed by atoms with Crippen molar-refractivity contribution in [3.05, 3.63) is 59.7 Å². The van der Waals surface area contributed by atoms with Crippen LogP contribution in [0.15, 0.2) is 48.5 Å². The molecule has 0 aliphatic heterocycles. The van der Waals surface area contributed by atoms with Crippen LogP contribution in [0.1, 0.15) is 15.9 Å². The highest BCUT2D eigenvalue weighted by Crippen LogP contribution is 2.17. The van der Waals surface area contributed by atoms with Gasteiger partial charge in [-0.15, -0.1) is 0 Å². The Bertz CT molecular complexity index is 593. The Morgan fingerprint density at radius 3 is 2.43 bits per heavy atom. The highest BCUT2D eigenvalue weighted by Gasteiger charge is 2.08. The van der Waals surface area contributed by atoms with Crippen LogP contribution < -0.4 is 10.1 Å². The van der Waals surface area contributed by atoms with Crippen molar-refractivity contribution in [2.24, 2.45) is 0 Å². The molecule has 0 radical (unpaired) electrons. The van der Waals surface area contributed by atoms with E-state index in [1.54, 1.807) is 7.11 Å². The first-order valence-electron chi connectivity index (χ1n) is 6.79. The van der Waals surface area contributed by atoms with E-state index in [4.69, 9.17) is 9.47 Å². The van der Waals surface area contributed by atoms with Crippen molar-refractivity contribution in [3.8, 4) is 5.75 Å². The third-order valence-electron chi connectivity index (χ3n) is 3.06. The van der Waals surface area contributed by atoms with Crippen LogP contribution in [0.5, 0.6) is 5.75 Å². The van der Waals surface area contributed by atoms with Gasteiger partial charge in [-0.25, -0.2) is 0 Å². The molecule has 4 nitrogen and oxygen atoms in total. The molecule has 0 spiro atoms. The van der Waals surface area contributed by atoms with Gasteiger partial charge in [0.2, 0.25) is 0 Å². The lowest BCUT2D eigenvalue weighted by atomic mass is 10.1. The second-order valence-electron chi connectivity index (χ2n) is 4.63. The number of carbonyl (C=O) groups excluding carboxylic acids is 1. The fourth-order valence-corrected chi connectivity index (χ4v) is 1.90. The maximum Gasteiger partial charge on any atom is 0.255 e. The van der Waals surface area contributed by atoms with Crippen molar-refractivity contribution in [3.63, 3.8) is 0 Å². The minimum absolute atomic E-state index is 0.110. The van der Waals surface area contributed by atoms with Gasteiger partial charge in [-0.05, 0) is 42.8 Å². The molecule has 0 aromatic heterocycles. The minimum atomic E-state index is -0.110. The summed E-state index contributed by atoms with van der Waals surface area (Å²) in [6.07, 6.45) is 0. The molecule has 110 valence electrons. The molecule has 0 aliphatic carbocycles. The van der Waals surface area contributed by atoms with Gasteiger partial charge in [0, 0.05) is 18.4 Å². The summed E-state index contributed by atoms with van der Waals surface area (Å²) in [5.41, 5.74) is 2.37. The number of ether oxygens (including phenoxy) is 2. The Morgan fingerprint density at radius 2 is 1.76 bits per heavy atom. The highest BCUT2D eigenvalue weighted by atomic mass is 16.5. The van der Waals surface area contributed by atoms with E-state index in [0.29, 0.717) is 18.8 Å². The van der Waals surface area contributed by atoms with Crippen molar-refractivity contribution < 1.29 is 14.3 Å². The first-order valence-corrected chi connectivity index (χ1v) is 6.79. The van der Waals surface area contributed by atoms with E-state index >= 15 is 0 Å². The smallest absolute Gasteiger partial charge is 0.255 e. The molecule has 0 saturated carbocycles. The Balaban J connectivity index is 1.97. The van der Waals surface area contributed by atoms with Crippen molar-refractivity contribution in [2.75, 3.05) is 25.6 Å². The summed E-state index contributed by atoms with van der Waals surface area (Å²) in [4.78, 5) is 12.2. The lowest BCUT2D eigenvalue weighted by Gasteiger charge is -2.09. The van der Waals surface area contributed by atoms with E-state index in [2.05, 4.69) is 5.32 Å². The predicted octanol–water partition coefficient (Wildman–Crippen LogP) is 3.27. The highest BCUT2D eigenvalue weighted by molar-refractivity contribution is 6.05. The molecular weight excluding hydrogens is 266 g/mol. The van der Waals surface area contributed by atoms with Gasteiger partial charge in [0.05, 0.1) is 6.61 Å². The van der Waals surface area contributed by atoms with Gasteiger partial charge in [-0.3, -0.25) is 4.79 Å². The molecule has 0 fully saturated rings. The normalized spacial score (nSPS) is 10.2. The summed E-state index contributed by atoms with van der Waals surface area (Å²) in [7, 11) is 1.63. The van der Waals surface area contributed by atoms with E-state index in [0.717, 1.165) is 17.0 Å². The van der Waals surface area contributed by atoms with Gasteiger partial charge >= 0.3 is 0 Å². The maximum atomic E-state index is 12.2. The number of methoxy groups -OCH3 is 1. The molecule has 0 atom stereocenters. The number of nitrogens with one attached hydrogen (secondary N) is 1. The molecule has 2 aromatic rings. The molecule has 0 unspecified atom stereocenters. The summed E-state index contributed by atoms with van der Waals surface area (Å²) >= 11 is 0. The van der Waals surface area contributed by atoms with Gasteiger partial charge in [0.15, 0.2) is 0 Å². The second kappa shape index (κ2) is 7.45. The van der Waals surface area contributed by atoms with E-state index in [-0.39, 0.29) is 5.91 Å². The molecule has 21 heavy (non-hydrogen) atoms. The number of anilines is 1. The van der Waals surface area contributed by atoms with Crippen LogP contribution in [0.4, 0.5) is 5.69 Å². The number of carbonyl (C=O) groups is 1. The molecule has 0 heterocycles. The molecule has 4 heteroatoms. The van der Waals surface area contributed by atoms with E-state index in [9.17, 15) is 4.79 Å². The molecule has 2 rings (SSSR count). The third-order valence-corrected chi connectivity index (χ3v) is 3.06. The Labute approximate surface area is 124 Å². The van der Waals surface area contributed by atoms with Gasteiger partial charge in [-0.2, -0.15) is 0 Å². The van der Waals surface area contributed by atoms with Gasteiger partial charge in [0.25, 0.3) is 5.91 Å². The fourth-order valence-electron chi connectivity index (χ4n) is 1.90. The average molecular weight is 285 g/mol. The largest absolute Gasteiger partial charge is 0.491 e. The Kier molecular flexibility index (Phi) is 5.35. The number of aryl methyl sites for hydroxylation is 1. The summed E-state index contributed by atoms with van der Waals surface area (Å²) in [5.74, 6) is 0.641.